The van der Waals surface area contributed by atoms with Gasteiger partial charge in [-0.25, -0.2) is 4.39 Å². The minimum atomic E-state index is -0.232. The van der Waals surface area contributed by atoms with E-state index in [0.717, 1.165) is 50.3 Å². The van der Waals surface area contributed by atoms with E-state index < -0.39 is 0 Å². The Kier molecular flexibility index (Phi) is 6.47. The molecule has 1 N–H and O–H groups in total. The molecule has 27 heavy (non-hydrogen) atoms. The summed E-state index contributed by atoms with van der Waals surface area (Å²) in [4.78, 5) is 17.2. The molecule has 4 rings (SSSR count). The van der Waals surface area contributed by atoms with Gasteiger partial charge in [-0.05, 0) is 42.2 Å². The number of hydrogen-bond donors (Lipinski definition) is 1. The summed E-state index contributed by atoms with van der Waals surface area (Å²) in [7, 11) is 0. The number of fused-ring (bicyclic) bond motifs is 1. The lowest BCUT2D eigenvalue weighted by Crippen LogP contribution is -2.50. The second-order valence-electron chi connectivity index (χ2n) is 7.02. The maximum absolute atomic E-state index is 13.7. The van der Waals surface area contributed by atoms with Gasteiger partial charge in [0.1, 0.15) is 5.82 Å². The van der Waals surface area contributed by atoms with Crippen LogP contribution in [0.2, 0.25) is 0 Å². The standard InChI is InChI=1S/C21H24FN3O.ClH/c22-18-8-3-6-17(13-18)20-14-23-10-12-24(20)15-21(26)25-11-4-7-16-5-1-2-9-19(16)25;/h1-3,5-6,8-9,13,20,23H,4,7,10-12,14-15H2;1H. The molecule has 2 aromatic rings. The molecular formula is C21H25ClFN3O. The van der Waals surface area contributed by atoms with E-state index in [-0.39, 0.29) is 30.2 Å². The van der Waals surface area contributed by atoms with Gasteiger partial charge in [-0.2, -0.15) is 0 Å². The van der Waals surface area contributed by atoms with Gasteiger partial charge in [-0.1, -0.05) is 30.3 Å². The topological polar surface area (TPSA) is 35.6 Å². The summed E-state index contributed by atoms with van der Waals surface area (Å²) in [5.74, 6) is -0.107. The van der Waals surface area contributed by atoms with Crippen molar-refractivity contribution in [1.82, 2.24) is 10.2 Å². The van der Waals surface area contributed by atoms with E-state index >= 15 is 0 Å². The van der Waals surface area contributed by atoms with Crippen molar-refractivity contribution < 1.29 is 9.18 Å². The first-order valence-electron chi connectivity index (χ1n) is 9.31. The zero-order chi connectivity index (χ0) is 17.9. The molecule has 1 amide bonds. The van der Waals surface area contributed by atoms with E-state index in [1.54, 1.807) is 12.1 Å². The zero-order valence-electron chi connectivity index (χ0n) is 15.2. The first kappa shape index (κ1) is 19.8. The van der Waals surface area contributed by atoms with Gasteiger partial charge in [0.25, 0.3) is 0 Å². The SMILES string of the molecule is Cl.O=C(CN1CCNCC1c1cccc(F)c1)N1CCCc2ccccc21. The Labute approximate surface area is 165 Å². The maximum Gasteiger partial charge on any atom is 0.241 e. The molecule has 2 heterocycles. The highest BCUT2D eigenvalue weighted by molar-refractivity contribution is 5.96. The summed E-state index contributed by atoms with van der Waals surface area (Å²) in [6, 6.07) is 14.9. The van der Waals surface area contributed by atoms with E-state index in [4.69, 9.17) is 0 Å². The number of carbonyl (C=O) groups excluding carboxylic acids is 1. The van der Waals surface area contributed by atoms with Crippen LogP contribution < -0.4 is 10.2 Å². The fraction of sp³-hybridized carbons (Fsp3) is 0.381. The van der Waals surface area contributed by atoms with Gasteiger partial charge in [-0.15, -0.1) is 12.4 Å². The quantitative estimate of drug-likeness (QED) is 0.875. The third kappa shape index (κ3) is 4.32. The molecule has 4 nitrogen and oxygen atoms in total. The van der Waals surface area contributed by atoms with Crippen LogP contribution in [0.3, 0.4) is 0 Å². The number of piperazine rings is 1. The lowest BCUT2D eigenvalue weighted by Gasteiger charge is -2.38. The number of nitrogens with zero attached hydrogens (tertiary/aromatic N) is 2. The first-order valence-corrected chi connectivity index (χ1v) is 9.31. The zero-order valence-corrected chi connectivity index (χ0v) is 16.1. The van der Waals surface area contributed by atoms with Gasteiger partial charge in [-0.3, -0.25) is 9.69 Å². The minimum Gasteiger partial charge on any atom is -0.314 e. The average Bonchev–Trinajstić information content (AvgIpc) is 2.68. The Balaban J connectivity index is 0.00000210. The second kappa shape index (κ2) is 8.83. The predicted octanol–water partition coefficient (Wildman–Crippen LogP) is 3.17. The van der Waals surface area contributed by atoms with Gasteiger partial charge in [0.15, 0.2) is 0 Å². The predicted molar refractivity (Wildman–Crippen MR) is 108 cm³/mol. The number of benzene rings is 2. The highest BCUT2D eigenvalue weighted by Crippen LogP contribution is 2.28. The Morgan fingerprint density at radius 3 is 2.85 bits per heavy atom. The lowest BCUT2D eigenvalue weighted by molar-refractivity contribution is -0.120. The largest absolute Gasteiger partial charge is 0.314 e. The number of halogens is 2. The van der Waals surface area contributed by atoms with Crippen molar-refractivity contribution in [3.63, 3.8) is 0 Å². The molecule has 0 aliphatic carbocycles. The van der Waals surface area contributed by atoms with Crippen molar-refractivity contribution in [3.8, 4) is 0 Å². The number of para-hydroxylation sites is 1. The number of aryl methyl sites for hydroxylation is 1. The number of hydrogen-bond acceptors (Lipinski definition) is 3. The van der Waals surface area contributed by atoms with Crippen LogP contribution in [0.4, 0.5) is 10.1 Å². The van der Waals surface area contributed by atoms with E-state index in [0.29, 0.717) is 6.54 Å². The molecule has 1 atom stereocenters. The number of nitrogens with one attached hydrogen (secondary N) is 1. The molecule has 144 valence electrons. The molecule has 1 unspecified atom stereocenters. The van der Waals surface area contributed by atoms with Gasteiger partial charge < -0.3 is 10.2 Å². The molecular weight excluding hydrogens is 365 g/mol. The molecule has 0 saturated carbocycles. The molecule has 1 saturated heterocycles. The first-order chi connectivity index (χ1) is 12.7. The highest BCUT2D eigenvalue weighted by Gasteiger charge is 2.29. The van der Waals surface area contributed by atoms with E-state index in [9.17, 15) is 9.18 Å². The number of amides is 1. The Morgan fingerprint density at radius 2 is 2.00 bits per heavy atom. The van der Waals surface area contributed by atoms with Gasteiger partial charge in [0.05, 0.1) is 6.54 Å². The van der Waals surface area contributed by atoms with E-state index in [2.05, 4.69) is 16.3 Å². The third-order valence-corrected chi connectivity index (χ3v) is 5.34. The summed E-state index contributed by atoms with van der Waals surface area (Å²) in [6.07, 6.45) is 2.02. The Hall–Kier alpha value is -1.95. The van der Waals surface area contributed by atoms with Crippen molar-refractivity contribution >= 4 is 24.0 Å². The molecule has 0 bridgehead atoms. The van der Waals surface area contributed by atoms with E-state index in [1.807, 2.05) is 29.2 Å². The van der Waals surface area contributed by atoms with Crippen molar-refractivity contribution in [2.75, 3.05) is 37.6 Å². The number of carbonyl (C=O) groups is 1. The van der Waals surface area contributed by atoms with Crippen molar-refractivity contribution in [1.29, 1.82) is 0 Å². The summed E-state index contributed by atoms with van der Waals surface area (Å²) >= 11 is 0. The fourth-order valence-corrected chi connectivity index (χ4v) is 4.03. The minimum absolute atomic E-state index is 0. The maximum atomic E-state index is 13.7. The second-order valence-corrected chi connectivity index (χ2v) is 7.02. The average molecular weight is 390 g/mol. The molecule has 0 radical (unpaired) electrons. The summed E-state index contributed by atoms with van der Waals surface area (Å²) in [6.45, 7) is 3.48. The van der Waals surface area contributed by atoms with Gasteiger partial charge in [0.2, 0.25) is 5.91 Å². The van der Waals surface area contributed by atoms with Crippen LogP contribution in [-0.2, 0) is 11.2 Å². The lowest BCUT2D eigenvalue weighted by atomic mass is 10.0. The van der Waals surface area contributed by atoms with Gasteiger partial charge in [0, 0.05) is 37.9 Å². The highest BCUT2D eigenvalue weighted by atomic mass is 35.5. The smallest absolute Gasteiger partial charge is 0.241 e. The molecule has 2 aromatic carbocycles. The Morgan fingerprint density at radius 1 is 1.15 bits per heavy atom. The molecule has 2 aliphatic heterocycles. The van der Waals surface area contributed by atoms with Crippen LogP contribution in [0.15, 0.2) is 48.5 Å². The van der Waals surface area contributed by atoms with Crippen molar-refractivity contribution in [3.05, 3.63) is 65.5 Å². The van der Waals surface area contributed by atoms with Crippen LogP contribution in [0, 0.1) is 5.82 Å². The summed E-state index contributed by atoms with van der Waals surface area (Å²) < 4.78 is 13.7. The van der Waals surface area contributed by atoms with Crippen molar-refractivity contribution in [2.24, 2.45) is 0 Å². The van der Waals surface area contributed by atoms with Crippen LogP contribution >= 0.6 is 12.4 Å². The summed E-state index contributed by atoms with van der Waals surface area (Å²) in [5, 5.41) is 3.36. The molecule has 6 heteroatoms. The Bertz CT molecular complexity index is 801. The van der Waals surface area contributed by atoms with Gasteiger partial charge >= 0.3 is 0 Å². The number of rotatable bonds is 3. The molecule has 0 spiro atoms. The summed E-state index contributed by atoms with van der Waals surface area (Å²) in [5.41, 5.74) is 3.21. The monoisotopic (exact) mass is 389 g/mol. The molecule has 2 aliphatic rings. The van der Waals surface area contributed by atoms with E-state index in [1.165, 1.54) is 11.6 Å². The van der Waals surface area contributed by atoms with Crippen LogP contribution in [-0.4, -0.2) is 43.5 Å². The van der Waals surface area contributed by atoms with Crippen LogP contribution in [0.1, 0.15) is 23.6 Å². The third-order valence-electron chi connectivity index (χ3n) is 5.34. The van der Waals surface area contributed by atoms with Crippen LogP contribution in [0.5, 0.6) is 0 Å². The van der Waals surface area contributed by atoms with Crippen molar-refractivity contribution in [2.45, 2.75) is 18.9 Å². The molecule has 1 fully saturated rings. The normalized spacial score (nSPS) is 19.9. The molecule has 0 aromatic heterocycles. The van der Waals surface area contributed by atoms with Crippen LogP contribution in [0.25, 0.3) is 0 Å². The fourth-order valence-electron chi connectivity index (χ4n) is 4.03. The number of anilines is 1.